The Labute approximate surface area is 173 Å². The summed E-state index contributed by atoms with van der Waals surface area (Å²) in [4.78, 5) is 13.0. The van der Waals surface area contributed by atoms with Crippen molar-refractivity contribution in [1.82, 2.24) is 5.32 Å². The number of nitrogens with zero attached hydrogens (tertiary/aromatic N) is 1. The van der Waals surface area contributed by atoms with Crippen LogP contribution in [0.1, 0.15) is 44.4 Å². The number of aryl methyl sites for hydroxylation is 1. The van der Waals surface area contributed by atoms with Crippen molar-refractivity contribution in [3.63, 3.8) is 0 Å². The van der Waals surface area contributed by atoms with Gasteiger partial charge in [-0.15, -0.1) is 0 Å². The van der Waals surface area contributed by atoms with Gasteiger partial charge in [-0.2, -0.15) is 0 Å². The summed E-state index contributed by atoms with van der Waals surface area (Å²) in [5.41, 5.74) is 2.41. The molecular formula is C22H30N2O4S. The largest absolute Gasteiger partial charge is 0.494 e. The predicted molar refractivity (Wildman–Crippen MR) is 117 cm³/mol. The number of amides is 1. The first-order chi connectivity index (χ1) is 13.7. The van der Waals surface area contributed by atoms with E-state index in [4.69, 9.17) is 4.74 Å². The van der Waals surface area contributed by atoms with Crippen molar-refractivity contribution in [1.29, 1.82) is 0 Å². The van der Waals surface area contributed by atoms with Crippen LogP contribution in [0.5, 0.6) is 5.75 Å². The van der Waals surface area contributed by atoms with E-state index in [0.29, 0.717) is 18.7 Å². The molecule has 0 heterocycles. The minimum Gasteiger partial charge on any atom is -0.494 e. The van der Waals surface area contributed by atoms with Gasteiger partial charge in [0.2, 0.25) is 15.9 Å². The third-order valence-corrected chi connectivity index (χ3v) is 5.85. The van der Waals surface area contributed by atoms with E-state index in [1.807, 2.05) is 57.2 Å². The molecule has 29 heavy (non-hydrogen) atoms. The van der Waals surface area contributed by atoms with Crippen molar-refractivity contribution in [3.05, 3.63) is 59.7 Å². The lowest BCUT2D eigenvalue weighted by molar-refractivity contribution is -0.122. The van der Waals surface area contributed by atoms with E-state index in [0.717, 1.165) is 23.1 Å². The summed E-state index contributed by atoms with van der Waals surface area (Å²) >= 11 is 0. The number of carbonyl (C=O) groups is 1. The zero-order valence-corrected chi connectivity index (χ0v) is 18.5. The van der Waals surface area contributed by atoms with Crippen LogP contribution >= 0.6 is 0 Å². The van der Waals surface area contributed by atoms with Crippen molar-refractivity contribution in [2.45, 2.75) is 46.2 Å². The van der Waals surface area contributed by atoms with Crippen LogP contribution in [0.3, 0.4) is 0 Å². The van der Waals surface area contributed by atoms with E-state index in [2.05, 4.69) is 5.32 Å². The Kier molecular flexibility index (Phi) is 7.67. The molecule has 0 aromatic heterocycles. The van der Waals surface area contributed by atoms with E-state index in [-0.39, 0.29) is 11.9 Å². The molecular weight excluding hydrogens is 388 g/mol. The van der Waals surface area contributed by atoms with Gasteiger partial charge in [-0.3, -0.25) is 9.10 Å². The second-order valence-corrected chi connectivity index (χ2v) is 8.91. The van der Waals surface area contributed by atoms with E-state index in [9.17, 15) is 13.2 Å². The molecule has 0 radical (unpaired) electrons. The highest BCUT2D eigenvalue weighted by molar-refractivity contribution is 7.92. The van der Waals surface area contributed by atoms with Crippen LogP contribution in [0.2, 0.25) is 0 Å². The number of sulfonamides is 1. The van der Waals surface area contributed by atoms with E-state index in [1.54, 1.807) is 19.1 Å². The van der Waals surface area contributed by atoms with Crippen LogP contribution in [-0.4, -0.2) is 33.2 Å². The fourth-order valence-electron chi connectivity index (χ4n) is 3.16. The van der Waals surface area contributed by atoms with Crippen molar-refractivity contribution < 1.29 is 17.9 Å². The van der Waals surface area contributed by atoms with Gasteiger partial charge < -0.3 is 10.1 Å². The van der Waals surface area contributed by atoms with Gasteiger partial charge in [-0.1, -0.05) is 36.8 Å². The Bertz CT molecular complexity index is 909. The van der Waals surface area contributed by atoms with Gasteiger partial charge in [0.15, 0.2) is 0 Å². The minimum atomic E-state index is -3.64. The molecule has 0 spiro atoms. The zero-order chi connectivity index (χ0) is 21.6. The van der Waals surface area contributed by atoms with Crippen LogP contribution in [0.15, 0.2) is 48.5 Å². The maximum atomic E-state index is 13.0. The number of ether oxygens (including phenoxy) is 1. The SMILES string of the molecule is CCOc1ccc([C@@H](C)NC(=O)[C@@H](CC)N(c2ccc(C)cc2)S(C)(=O)=O)cc1. The van der Waals surface area contributed by atoms with Crippen molar-refractivity contribution in [2.75, 3.05) is 17.2 Å². The molecule has 7 heteroatoms. The summed E-state index contributed by atoms with van der Waals surface area (Å²) in [5.74, 6) is 0.434. The second kappa shape index (κ2) is 9.78. The molecule has 2 aromatic carbocycles. The summed E-state index contributed by atoms with van der Waals surface area (Å²) in [6, 6.07) is 13.5. The number of nitrogens with one attached hydrogen (secondary N) is 1. The molecule has 6 nitrogen and oxygen atoms in total. The first kappa shape index (κ1) is 22.7. The van der Waals surface area contributed by atoms with E-state index >= 15 is 0 Å². The average Bonchev–Trinajstić information content (AvgIpc) is 2.66. The molecule has 0 aliphatic rings. The monoisotopic (exact) mass is 418 g/mol. The molecule has 1 N–H and O–H groups in total. The first-order valence-electron chi connectivity index (χ1n) is 9.76. The average molecular weight is 419 g/mol. The number of anilines is 1. The van der Waals surface area contributed by atoms with Crippen LogP contribution in [0, 0.1) is 6.92 Å². The first-order valence-corrected chi connectivity index (χ1v) is 11.6. The van der Waals surface area contributed by atoms with Gasteiger partial charge in [-0.25, -0.2) is 8.42 Å². The topological polar surface area (TPSA) is 75.7 Å². The van der Waals surface area contributed by atoms with Gasteiger partial charge in [-0.05, 0) is 57.0 Å². The van der Waals surface area contributed by atoms with Gasteiger partial charge >= 0.3 is 0 Å². The van der Waals surface area contributed by atoms with Gasteiger partial charge in [0.25, 0.3) is 0 Å². The predicted octanol–water partition coefficient (Wildman–Crippen LogP) is 3.82. The molecule has 0 aliphatic carbocycles. The van der Waals surface area contributed by atoms with Crippen molar-refractivity contribution in [3.8, 4) is 5.75 Å². The van der Waals surface area contributed by atoms with Crippen LogP contribution < -0.4 is 14.4 Å². The Morgan fingerprint density at radius 1 is 1.07 bits per heavy atom. The van der Waals surface area contributed by atoms with Crippen LogP contribution in [0.4, 0.5) is 5.69 Å². The van der Waals surface area contributed by atoms with Gasteiger partial charge in [0.05, 0.1) is 24.6 Å². The van der Waals surface area contributed by atoms with Crippen molar-refractivity contribution in [2.24, 2.45) is 0 Å². The van der Waals surface area contributed by atoms with E-state index < -0.39 is 16.1 Å². The quantitative estimate of drug-likeness (QED) is 0.672. The highest BCUT2D eigenvalue weighted by atomic mass is 32.2. The standard InChI is InChI=1S/C22H30N2O4S/c1-6-21(24(29(5,26)27)19-12-8-16(3)9-13-19)22(25)23-17(4)18-10-14-20(15-11-18)28-7-2/h8-15,17,21H,6-7H2,1-5H3,(H,23,25)/t17-,21-/m1/s1. The Balaban J connectivity index is 2.23. The molecule has 2 atom stereocenters. The zero-order valence-electron chi connectivity index (χ0n) is 17.7. The third kappa shape index (κ3) is 5.97. The highest BCUT2D eigenvalue weighted by Gasteiger charge is 2.32. The minimum absolute atomic E-state index is 0.272. The van der Waals surface area contributed by atoms with Crippen LogP contribution in [-0.2, 0) is 14.8 Å². The Morgan fingerprint density at radius 2 is 1.66 bits per heavy atom. The maximum Gasteiger partial charge on any atom is 0.244 e. The second-order valence-electron chi connectivity index (χ2n) is 7.05. The van der Waals surface area contributed by atoms with Crippen LogP contribution in [0.25, 0.3) is 0 Å². The lowest BCUT2D eigenvalue weighted by Crippen LogP contribution is -2.49. The Morgan fingerprint density at radius 3 is 2.14 bits per heavy atom. The summed E-state index contributed by atoms with van der Waals surface area (Å²) in [5, 5.41) is 2.95. The summed E-state index contributed by atoms with van der Waals surface area (Å²) in [6.07, 6.45) is 1.47. The van der Waals surface area contributed by atoms with Gasteiger partial charge in [0.1, 0.15) is 11.8 Å². The fourth-order valence-corrected chi connectivity index (χ4v) is 4.38. The normalized spacial score (nSPS) is 13.4. The maximum absolute atomic E-state index is 13.0. The molecule has 0 saturated carbocycles. The molecule has 158 valence electrons. The number of hydrogen-bond donors (Lipinski definition) is 1. The smallest absolute Gasteiger partial charge is 0.244 e. The Hall–Kier alpha value is -2.54. The lowest BCUT2D eigenvalue weighted by Gasteiger charge is -2.31. The summed E-state index contributed by atoms with van der Waals surface area (Å²) in [6.45, 7) is 8.11. The summed E-state index contributed by atoms with van der Waals surface area (Å²) < 4.78 is 31.7. The third-order valence-electron chi connectivity index (χ3n) is 4.67. The number of hydrogen-bond acceptors (Lipinski definition) is 4. The number of benzene rings is 2. The van der Waals surface area contributed by atoms with E-state index in [1.165, 1.54) is 4.31 Å². The fraction of sp³-hybridized carbons (Fsp3) is 0.409. The lowest BCUT2D eigenvalue weighted by atomic mass is 10.1. The molecule has 2 aromatic rings. The number of rotatable bonds is 9. The molecule has 0 fully saturated rings. The van der Waals surface area contributed by atoms with Gasteiger partial charge in [0, 0.05) is 0 Å². The highest BCUT2D eigenvalue weighted by Crippen LogP contribution is 2.24. The molecule has 1 amide bonds. The molecule has 2 rings (SSSR count). The van der Waals surface area contributed by atoms with Crippen molar-refractivity contribution >= 4 is 21.6 Å². The molecule has 0 bridgehead atoms. The molecule has 0 saturated heterocycles. The number of carbonyl (C=O) groups excluding carboxylic acids is 1. The molecule has 0 aliphatic heterocycles. The molecule has 0 unspecified atom stereocenters. The summed E-state index contributed by atoms with van der Waals surface area (Å²) in [7, 11) is -3.64.